The summed E-state index contributed by atoms with van der Waals surface area (Å²) < 4.78 is 22.1. The molecule has 1 N–H and O–H groups in total. The van der Waals surface area contributed by atoms with Crippen LogP contribution in [0, 0.1) is 5.92 Å². The van der Waals surface area contributed by atoms with Gasteiger partial charge in [-0.25, -0.2) is 8.42 Å². The van der Waals surface area contributed by atoms with E-state index in [1.165, 1.54) is 0 Å². The van der Waals surface area contributed by atoms with Gasteiger partial charge in [-0.1, -0.05) is 6.92 Å². The molecule has 1 saturated heterocycles. The average Bonchev–Trinajstić information content (AvgIpc) is 2.41. The quantitative estimate of drug-likeness (QED) is 0.702. The number of nitrogens with one attached hydrogen (secondary N) is 1. The van der Waals surface area contributed by atoms with Gasteiger partial charge in [0.25, 0.3) is 0 Å². The van der Waals surface area contributed by atoms with Crippen LogP contribution in [0.2, 0.25) is 0 Å². The van der Waals surface area contributed by atoms with Gasteiger partial charge in [-0.3, -0.25) is 4.79 Å². The molecule has 0 spiro atoms. The standard InChI is InChI=1S/C8H15NO3S/c1-2-8(10)9-5-7-3-4-13(11,12)6-7/h7H,2-6H2,1H3,(H,9,10). The molecule has 1 fully saturated rings. The summed E-state index contributed by atoms with van der Waals surface area (Å²) in [6, 6.07) is 0. The number of carbonyl (C=O) groups is 1. The Morgan fingerprint density at radius 3 is 2.69 bits per heavy atom. The van der Waals surface area contributed by atoms with E-state index in [1.807, 2.05) is 0 Å². The van der Waals surface area contributed by atoms with E-state index in [4.69, 9.17) is 0 Å². The molecule has 1 aliphatic rings. The predicted octanol–water partition coefficient (Wildman–Crippen LogP) is -0.0527. The summed E-state index contributed by atoms with van der Waals surface area (Å²) in [5.41, 5.74) is 0. The van der Waals surface area contributed by atoms with Gasteiger partial charge in [0, 0.05) is 13.0 Å². The van der Waals surface area contributed by atoms with Gasteiger partial charge in [-0.05, 0) is 12.3 Å². The summed E-state index contributed by atoms with van der Waals surface area (Å²) in [6.07, 6.45) is 1.14. The van der Waals surface area contributed by atoms with Crippen molar-refractivity contribution in [1.29, 1.82) is 0 Å². The summed E-state index contributed by atoms with van der Waals surface area (Å²) >= 11 is 0. The number of rotatable bonds is 3. The van der Waals surface area contributed by atoms with Gasteiger partial charge in [0.2, 0.25) is 5.91 Å². The zero-order valence-corrected chi connectivity index (χ0v) is 8.56. The number of amides is 1. The average molecular weight is 205 g/mol. The van der Waals surface area contributed by atoms with E-state index in [-0.39, 0.29) is 23.3 Å². The molecule has 13 heavy (non-hydrogen) atoms. The molecule has 1 aliphatic heterocycles. The largest absolute Gasteiger partial charge is 0.356 e. The van der Waals surface area contributed by atoms with Crippen LogP contribution in [0.5, 0.6) is 0 Å². The molecule has 1 rings (SSSR count). The van der Waals surface area contributed by atoms with Crippen molar-refractivity contribution in [2.24, 2.45) is 5.92 Å². The first-order chi connectivity index (χ1) is 6.03. The van der Waals surface area contributed by atoms with E-state index in [1.54, 1.807) is 6.92 Å². The van der Waals surface area contributed by atoms with E-state index in [9.17, 15) is 13.2 Å². The lowest BCUT2D eigenvalue weighted by molar-refractivity contribution is -0.120. The zero-order chi connectivity index (χ0) is 9.90. The van der Waals surface area contributed by atoms with E-state index in [2.05, 4.69) is 5.32 Å². The first kappa shape index (κ1) is 10.5. The minimum Gasteiger partial charge on any atom is -0.356 e. The maximum Gasteiger partial charge on any atom is 0.219 e. The molecule has 76 valence electrons. The Labute approximate surface area is 78.6 Å². The molecule has 1 amide bonds. The third kappa shape index (κ3) is 3.34. The topological polar surface area (TPSA) is 63.2 Å². The Bertz CT molecular complexity index is 284. The van der Waals surface area contributed by atoms with Crippen LogP contribution in [0.25, 0.3) is 0 Å². The smallest absolute Gasteiger partial charge is 0.219 e. The molecule has 5 heteroatoms. The highest BCUT2D eigenvalue weighted by Crippen LogP contribution is 2.17. The number of hydrogen-bond donors (Lipinski definition) is 1. The van der Waals surface area contributed by atoms with Crippen LogP contribution in [0.1, 0.15) is 19.8 Å². The molecule has 0 bridgehead atoms. The third-order valence-corrected chi connectivity index (χ3v) is 4.07. The van der Waals surface area contributed by atoms with Crippen LogP contribution in [-0.4, -0.2) is 32.4 Å². The first-order valence-corrected chi connectivity index (χ1v) is 6.33. The lowest BCUT2D eigenvalue weighted by Crippen LogP contribution is -2.29. The molecule has 4 nitrogen and oxygen atoms in total. The van der Waals surface area contributed by atoms with Gasteiger partial charge < -0.3 is 5.32 Å². The number of sulfone groups is 1. The van der Waals surface area contributed by atoms with Gasteiger partial charge in [-0.15, -0.1) is 0 Å². The fraction of sp³-hybridized carbons (Fsp3) is 0.875. The molecular weight excluding hydrogens is 190 g/mol. The maximum absolute atomic E-state index is 11.0. The molecule has 1 heterocycles. The molecule has 0 radical (unpaired) electrons. The Morgan fingerprint density at radius 2 is 2.23 bits per heavy atom. The van der Waals surface area contributed by atoms with Crippen LogP contribution in [0.4, 0.5) is 0 Å². The summed E-state index contributed by atoms with van der Waals surface area (Å²) in [5, 5.41) is 2.71. The lowest BCUT2D eigenvalue weighted by atomic mass is 10.1. The Morgan fingerprint density at radius 1 is 1.54 bits per heavy atom. The minimum atomic E-state index is -2.80. The highest BCUT2D eigenvalue weighted by atomic mass is 32.2. The Kier molecular flexibility index (Phi) is 3.30. The second-order valence-electron chi connectivity index (χ2n) is 3.43. The van der Waals surface area contributed by atoms with E-state index < -0.39 is 9.84 Å². The Balaban J connectivity index is 2.29. The monoisotopic (exact) mass is 205 g/mol. The molecule has 0 aliphatic carbocycles. The molecule has 0 aromatic rings. The fourth-order valence-corrected chi connectivity index (χ4v) is 3.28. The SMILES string of the molecule is CCC(=O)NCC1CCS(=O)(=O)C1. The lowest BCUT2D eigenvalue weighted by Gasteiger charge is -2.07. The van der Waals surface area contributed by atoms with Gasteiger partial charge in [0.05, 0.1) is 11.5 Å². The molecule has 0 aromatic heterocycles. The van der Waals surface area contributed by atoms with Gasteiger partial charge >= 0.3 is 0 Å². The summed E-state index contributed by atoms with van der Waals surface area (Å²) in [4.78, 5) is 10.9. The van der Waals surface area contributed by atoms with Crippen molar-refractivity contribution in [3.8, 4) is 0 Å². The van der Waals surface area contributed by atoms with Crippen LogP contribution in [0.3, 0.4) is 0 Å². The normalized spacial score (nSPS) is 25.8. The highest BCUT2D eigenvalue weighted by molar-refractivity contribution is 7.91. The summed E-state index contributed by atoms with van der Waals surface area (Å²) in [5.74, 6) is 0.626. The van der Waals surface area contributed by atoms with Crippen molar-refractivity contribution in [3.05, 3.63) is 0 Å². The number of hydrogen-bond acceptors (Lipinski definition) is 3. The zero-order valence-electron chi connectivity index (χ0n) is 7.75. The molecule has 0 saturated carbocycles. The van der Waals surface area contributed by atoms with E-state index in [0.717, 1.165) is 0 Å². The summed E-state index contributed by atoms with van der Waals surface area (Å²) in [7, 11) is -2.80. The first-order valence-electron chi connectivity index (χ1n) is 4.50. The van der Waals surface area contributed by atoms with Crippen molar-refractivity contribution >= 4 is 15.7 Å². The second kappa shape index (κ2) is 4.09. The third-order valence-electron chi connectivity index (χ3n) is 2.24. The second-order valence-corrected chi connectivity index (χ2v) is 5.66. The molecule has 1 atom stereocenters. The van der Waals surface area contributed by atoms with Crippen LogP contribution >= 0.6 is 0 Å². The van der Waals surface area contributed by atoms with Crippen molar-refractivity contribution in [2.75, 3.05) is 18.1 Å². The van der Waals surface area contributed by atoms with Gasteiger partial charge in [-0.2, -0.15) is 0 Å². The van der Waals surface area contributed by atoms with E-state index in [0.29, 0.717) is 19.4 Å². The fourth-order valence-electron chi connectivity index (χ4n) is 1.42. The number of carbonyl (C=O) groups excluding carboxylic acids is 1. The minimum absolute atomic E-state index is 0.00991. The van der Waals surface area contributed by atoms with Crippen molar-refractivity contribution < 1.29 is 13.2 Å². The maximum atomic E-state index is 11.0. The molecule has 0 aromatic carbocycles. The summed E-state index contributed by atoms with van der Waals surface area (Å²) in [6.45, 7) is 2.28. The van der Waals surface area contributed by atoms with E-state index >= 15 is 0 Å². The molecule has 1 unspecified atom stereocenters. The van der Waals surface area contributed by atoms with Crippen LogP contribution < -0.4 is 5.32 Å². The van der Waals surface area contributed by atoms with Crippen molar-refractivity contribution in [3.63, 3.8) is 0 Å². The van der Waals surface area contributed by atoms with Gasteiger partial charge in [0.15, 0.2) is 9.84 Å². The van der Waals surface area contributed by atoms with Gasteiger partial charge in [0.1, 0.15) is 0 Å². The highest BCUT2D eigenvalue weighted by Gasteiger charge is 2.27. The van der Waals surface area contributed by atoms with Crippen LogP contribution in [-0.2, 0) is 14.6 Å². The van der Waals surface area contributed by atoms with Crippen molar-refractivity contribution in [2.45, 2.75) is 19.8 Å². The molecular formula is C8H15NO3S. The predicted molar refractivity (Wildman–Crippen MR) is 50.1 cm³/mol. The van der Waals surface area contributed by atoms with Crippen molar-refractivity contribution in [1.82, 2.24) is 5.32 Å². The van der Waals surface area contributed by atoms with Crippen LogP contribution in [0.15, 0.2) is 0 Å². The Hall–Kier alpha value is -0.580.